The van der Waals surface area contributed by atoms with Gasteiger partial charge in [0.15, 0.2) is 23.4 Å². The molecule has 31 heavy (non-hydrogen) atoms. The molecule has 160 valence electrons. The van der Waals surface area contributed by atoms with Crippen molar-refractivity contribution in [2.75, 3.05) is 14.1 Å². The van der Waals surface area contributed by atoms with Crippen molar-refractivity contribution in [2.45, 2.75) is 18.8 Å². The number of amidine groups is 2. The number of halogens is 1. The van der Waals surface area contributed by atoms with Crippen LogP contribution in [-0.2, 0) is 11.3 Å². The van der Waals surface area contributed by atoms with E-state index < -0.39 is 18.4 Å². The number of nitrogens with one attached hydrogen (secondary N) is 2. The number of hydrogen-bond acceptors (Lipinski definition) is 7. The topological polar surface area (TPSA) is 135 Å². The lowest BCUT2D eigenvalue weighted by Gasteiger charge is -2.35. The lowest BCUT2D eigenvalue weighted by atomic mass is 10.1. The highest BCUT2D eigenvalue weighted by atomic mass is 19.1. The number of rotatable bonds is 4. The van der Waals surface area contributed by atoms with Crippen LogP contribution >= 0.6 is 0 Å². The first kappa shape index (κ1) is 20.4. The first-order chi connectivity index (χ1) is 14.9. The van der Waals surface area contributed by atoms with Gasteiger partial charge in [0.05, 0.1) is 11.9 Å². The van der Waals surface area contributed by atoms with Crippen LogP contribution in [0.15, 0.2) is 47.6 Å². The van der Waals surface area contributed by atoms with E-state index in [9.17, 15) is 9.18 Å². The van der Waals surface area contributed by atoms with Crippen molar-refractivity contribution < 1.29 is 13.9 Å². The summed E-state index contributed by atoms with van der Waals surface area (Å²) in [7, 11) is 3.09. The molecule has 1 aliphatic heterocycles. The molecule has 3 heterocycles. The van der Waals surface area contributed by atoms with Gasteiger partial charge in [-0.3, -0.25) is 5.41 Å². The Hall–Kier alpha value is -3.86. The lowest BCUT2D eigenvalue weighted by molar-refractivity contribution is 0.0905. The van der Waals surface area contributed by atoms with Gasteiger partial charge in [-0.05, 0) is 18.2 Å². The Morgan fingerprint density at radius 1 is 1.32 bits per heavy atom. The average molecular weight is 424 g/mol. The number of ether oxygens (including phenoxy) is 1. The molecule has 4 rings (SSSR count). The van der Waals surface area contributed by atoms with Crippen molar-refractivity contribution >= 4 is 28.8 Å². The summed E-state index contributed by atoms with van der Waals surface area (Å²) < 4.78 is 21.0. The number of aliphatic imine (C=N–C) groups is 1. The van der Waals surface area contributed by atoms with Crippen molar-refractivity contribution in [3.63, 3.8) is 0 Å². The molecule has 0 spiro atoms. The quantitative estimate of drug-likeness (QED) is 0.578. The summed E-state index contributed by atoms with van der Waals surface area (Å²) in [5.74, 6) is -0.210. The summed E-state index contributed by atoms with van der Waals surface area (Å²) in [4.78, 5) is 21.9. The van der Waals surface area contributed by atoms with E-state index in [-0.39, 0.29) is 18.2 Å². The molecule has 1 aliphatic rings. The molecule has 1 aromatic carbocycles. The number of hydrogen-bond donors (Lipinski definition) is 3. The molecule has 2 unspecified atom stereocenters. The molecule has 0 aliphatic carbocycles. The van der Waals surface area contributed by atoms with Gasteiger partial charge in [0, 0.05) is 25.9 Å². The molecular formula is C20H21FN8O2. The summed E-state index contributed by atoms with van der Waals surface area (Å²) >= 11 is 0. The van der Waals surface area contributed by atoms with Crippen LogP contribution in [0.3, 0.4) is 0 Å². The minimum atomic E-state index is -1.04. The van der Waals surface area contributed by atoms with Crippen molar-refractivity contribution in [3.8, 4) is 0 Å². The van der Waals surface area contributed by atoms with Crippen LogP contribution in [0, 0.1) is 11.2 Å². The summed E-state index contributed by atoms with van der Waals surface area (Å²) in [5.41, 5.74) is 7.69. The minimum absolute atomic E-state index is 0.170. The second kappa shape index (κ2) is 8.11. The zero-order chi connectivity index (χ0) is 22.1. The van der Waals surface area contributed by atoms with Gasteiger partial charge in [0.1, 0.15) is 17.7 Å². The fraction of sp³-hybridized carbons (Fsp3) is 0.250. The standard InChI is InChI=1S/C20H21FN8O2/c1-24-20(30)31-15-16(22)26-19(28(2)17(15)23)14-12-7-5-9-25-18(12)29(27-14)10-11-6-3-4-8-13(11)21/h3-9,15,17,22H,10,23H2,1-2H3,(H,24,30). The highest BCUT2D eigenvalue weighted by Gasteiger charge is 2.37. The average Bonchev–Trinajstić information content (AvgIpc) is 3.13. The van der Waals surface area contributed by atoms with Crippen LogP contribution in [0.2, 0.25) is 0 Å². The monoisotopic (exact) mass is 424 g/mol. The van der Waals surface area contributed by atoms with Crippen LogP contribution in [0.1, 0.15) is 11.3 Å². The molecule has 2 atom stereocenters. The number of nitrogens with zero attached hydrogens (tertiary/aromatic N) is 5. The zero-order valence-corrected chi connectivity index (χ0v) is 16.9. The van der Waals surface area contributed by atoms with Gasteiger partial charge >= 0.3 is 6.09 Å². The van der Waals surface area contributed by atoms with E-state index >= 15 is 0 Å². The van der Waals surface area contributed by atoms with Crippen LogP contribution in [0.5, 0.6) is 0 Å². The van der Waals surface area contributed by atoms with Crippen LogP contribution in [0.4, 0.5) is 9.18 Å². The van der Waals surface area contributed by atoms with Crippen molar-refractivity contribution in [2.24, 2.45) is 10.7 Å². The fourth-order valence-corrected chi connectivity index (χ4v) is 3.36. The van der Waals surface area contributed by atoms with Crippen molar-refractivity contribution in [3.05, 3.63) is 59.7 Å². The molecule has 3 aromatic rings. The predicted octanol–water partition coefficient (Wildman–Crippen LogP) is 1.30. The maximum absolute atomic E-state index is 14.2. The third-order valence-corrected chi connectivity index (χ3v) is 5.02. The zero-order valence-electron chi connectivity index (χ0n) is 16.9. The molecule has 2 aromatic heterocycles. The fourth-order valence-electron chi connectivity index (χ4n) is 3.36. The molecule has 0 radical (unpaired) electrons. The maximum Gasteiger partial charge on any atom is 0.407 e. The van der Waals surface area contributed by atoms with Gasteiger partial charge in [0.25, 0.3) is 0 Å². The maximum atomic E-state index is 14.2. The molecule has 0 saturated heterocycles. The first-order valence-corrected chi connectivity index (χ1v) is 9.50. The number of aromatic nitrogens is 3. The summed E-state index contributed by atoms with van der Waals surface area (Å²) in [6.07, 6.45) is -0.973. The van der Waals surface area contributed by atoms with Crippen molar-refractivity contribution in [1.82, 2.24) is 25.0 Å². The number of likely N-dealkylation sites (N-methyl/N-ethyl adjacent to an activating group) is 1. The number of amides is 1. The minimum Gasteiger partial charge on any atom is -0.434 e. The molecular weight excluding hydrogens is 403 g/mol. The number of benzene rings is 1. The molecule has 0 bridgehead atoms. The third-order valence-electron chi connectivity index (χ3n) is 5.02. The number of fused-ring (bicyclic) bond motifs is 1. The molecule has 4 N–H and O–H groups in total. The van der Waals surface area contributed by atoms with E-state index in [1.54, 1.807) is 47.1 Å². The van der Waals surface area contributed by atoms with Crippen LogP contribution in [-0.4, -0.2) is 63.8 Å². The second-order valence-corrected chi connectivity index (χ2v) is 6.97. The number of carbonyl (C=O) groups excluding carboxylic acids is 1. The lowest BCUT2D eigenvalue weighted by Crippen LogP contribution is -2.58. The molecule has 0 fully saturated rings. The normalized spacial score (nSPS) is 18.8. The van der Waals surface area contributed by atoms with E-state index in [0.29, 0.717) is 28.1 Å². The Morgan fingerprint density at radius 2 is 2.10 bits per heavy atom. The van der Waals surface area contributed by atoms with Crippen LogP contribution in [0.25, 0.3) is 11.0 Å². The van der Waals surface area contributed by atoms with Gasteiger partial charge in [-0.2, -0.15) is 5.10 Å². The van der Waals surface area contributed by atoms with Gasteiger partial charge in [-0.1, -0.05) is 18.2 Å². The summed E-state index contributed by atoms with van der Waals surface area (Å²) in [6, 6.07) is 10.0. The largest absolute Gasteiger partial charge is 0.434 e. The molecule has 11 heteroatoms. The number of pyridine rings is 1. The number of carbonyl (C=O) groups is 1. The van der Waals surface area contributed by atoms with E-state index in [1.807, 2.05) is 6.07 Å². The third kappa shape index (κ3) is 3.70. The number of nitrogens with two attached hydrogens (primary N) is 1. The molecule has 1 amide bonds. The highest BCUT2D eigenvalue weighted by molar-refractivity contribution is 6.13. The van der Waals surface area contributed by atoms with E-state index in [1.165, 1.54) is 13.1 Å². The Morgan fingerprint density at radius 3 is 2.84 bits per heavy atom. The first-order valence-electron chi connectivity index (χ1n) is 9.50. The van der Waals surface area contributed by atoms with Crippen molar-refractivity contribution in [1.29, 1.82) is 5.41 Å². The van der Waals surface area contributed by atoms with E-state index in [4.69, 9.17) is 15.9 Å². The van der Waals surface area contributed by atoms with Crippen LogP contribution < -0.4 is 11.1 Å². The van der Waals surface area contributed by atoms with Gasteiger partial charge in [0.2, 0.25) is 0 Å². The SMILES string of the molecule is CNC(=O)OC1C(=N)N=C(c2nn(Cc3ccccc3F)c3ncccc23)N(C)C1N. The van der Waals surface area contributed by atoms with Gasteiger partial charge in [-0.15, -0.1) is 0 Å². The van der Waals surface area contributed by atoms with E-state index in [2.05, 4.69) is 20.4 Å². The Labute approximate surface area is 177 Å². The Kier molecular flexibility index (Phi) is 5.34. The van der Waals surface area contributed by atoms with Gasteiger partial charge < -0.3 is 20.7 Å². The molecule has 0 saturated carbocycles. The highest BCUT2D eigenvalue weighted by Crippen LogP contribution is 2.23. The predicted molar refractivity (Wildman–Crippen MR) is 112 cm³/mol. The molecule has 10 nitrogen and oxygen atoms in total. The Bertz CT molecular complexity index is 1190. The Balaban J connectivity index is 1.76. The second-order valence-electron chi connectivity index (χ2n) is 6.97. The summed E-state index contributed by atoms with van der Waals surface area (Å²) in [6.45, 7) is 0.170. The summed E-state index contributed by atoms with van der Waals surface area (Å²) in [5, 5.41) is 15.9. The number of alkyl carbamates (subject to hydrolysis) is 1. The van der Waals surface area contributed by atoms with Gasteiger partial charge in [-0.25, -0.2) is 23.8 Å². The van der Waals surface area contributed by atoms with E-state index in [0.717, 1.165) is 0 Å². The smallest absolute Gasteiger partial charge is 0.407 e.